The lowest BCUT2D eigenvalue weighted by atomic mass is 10.2. The largest absolute Gasteiger partial charge is 0.322 e. The second-order valence-electron chi connectivity index (χ2n) is 5.77. The molecular formula is C18H15ClN4O3. The molecule has 1 N–H and O–H groups in total. The molecule has 7 nitrogen and oxygen atoms in total. The zero-order valence-electron chi connectivity index (χ0n) is 14.1. The molecule has 0 bridgehead atoms. The van der Waals surface area contributed by atoms with E-state index < -0.39 is 10.8 Å². The molecule has 0 saturated carbocycles. The summed E-state index contributed by atoms with van der Waals surface area (Å²) in [5.41, 5.74) is 3.03. The van der Waals surface area contributed by atoms with Gasteiger partial charge in [0, 0.05) is 11.8 Å². The van der Waals surface area contributed by atoms with Crippen molar-refractivity contribution in [3.05, 3.63) is 80.6 Å². The lowest BCUT2D eigenvalue weighted by Gasteiger charge is -2.07. The normalized spacial score (nSPS) is 10.6. The van der Waals surface area contributed by atoms with Crippen LogP contribution in [-0.2, 0) is 0 Å². The Labute approximate surface area is 154 Å². The molecule has 3 rings (SSSR count). The monoisotopic (exact) mass is 370 g/mol. The second-order valence-corrected chi connectivity index (χ2v) is 6.18. The first kappa shape index (κ1) is 17.6. The quantitative estimate of drug-likeness (QED) is 0.547. The van der Waals surface area contributed by atoms with Gasteiger partial charge in [0.1, 0.15) is 5.02 Å². The van der Waals surface area contributed by atoms with E-state index in [1.54, 1.807) is 11.6 Å². The minimum Gasteiger partial charge on any atom is -0.322 e. The molecule has 1 heterocycles. The Morgan fingerprint density at radius 2 is 1.88 bits per heavy atom. The summed E-state index contributed by atoms with van der Waals surface area (Å²) in [6.07, 6.45) is 1.47. The number of halogens is 1. The Kier molecular flexibility index (Phi) is 4.73. The minimum absolute atomic E-state index is 0.0105. The number of amides is 1. The van der Waals surface area contributed by atoms with Crippen molar-refractivity contribution in [3.8, 4) is 5.69 Å². The predicted octanol–water partition coefficient (Wildman–Crippen LogP) is 4.30. The summed E-state index contributed by atoms with van der Waals surface area (Å²) < 4.78 is 1.67. The molecule has 0 atom stereocenters. The highest BCUT2D eigenvalue weighted by Gasteiger charge is 2.18. The van der Waals surface area contributed by atoms with Crippen LogP contribution in [0, 0.1) is 24.0 Å². The number of benzene rings is 2. The van der Waals surface area contributed by atoms with Crippen LogP contribution in [0.2, 0.25) is 5.02 Å². The topological polar surface area (TPSA) is 90.1 Å². The molecule has 0 unspecified atom stereocenters. The first-order valence-electron chi connectivity index (χ1n) is 7.74. The number of carbonyl (C=O) groups is 1. The predicted molar refractivity (Wildman–Crippen MR) is 99.1 cm³/mol. The summed E-state index contributed by atoms with van der Waals surface area (Å²) >= 11 is 5.78. The van der Waals surface area contributed by atoms with Gasteiger partial charge in [0.25, 0.3) is 11.6 Å². The van der Waals surface area contributed by atoms with Crippen molar-refractivity contribution < 1.29 is 9.72 Å². The number of nitro benzene ring substituents is 1. The number of anilines is 1. The SMILES string of the molecule is Cc1ccc(-n2ncc(C(=O)Nc3ccc(Cl)c([N+](=O)[O-])c3)c2C)cc1. The van der Waals surface area contributed by atoms with Crippen LogP contribution in [-0.4, -0.2) is 20.6 Å². The molecule has 0 aliphatic heterocycles. The number of hydrogen-bond donors (Lipinski definition) is 1. The summed E-state index contributed by atoms with van der Waals surface area (Å²) in [4.78, 5) is 22.9. The van der Waals surface area contributed by atoms with Gasteiger partial charge in [-0.2, -0.15) is 5.10 Å². The van der Waals surface area contributed by atoms with Gasteiger partial charge in [-0.1, -0.05) is 29.3 Å². The van der Waals surface area contributed by atoms with Crippen molar-refractivity contribution in [1.29, 1.82) is 0 Å². The van der Waals surface area contributed by atoms with E-state index in [1.807, 2.05) is 31.2 Å². The first-order valence-corrected chi connectivity index (χ1v) is 8.11. The second kappa shape index (κ2) is 6.97. The van der Waals surface area contributed by atoms with Gasteiger partial charge < -0.3 is 5.32 Å². The third kappa shape index (κ3) is 3.43. The van der Waals surface area contributed by atoms with E-state index in [1.165, 1.54) is 24.4 Å². The van der Waals surface area contributed by atoms with Crippen molar-refractivity contribution in [1.82, 2.24) is 9.78 Å². The van der Waals surface area contributed by atoms with Crippen LogP contribution >= 0.6 is 11.6 Å². The first-order chi connectivity index (χ1) is 12.4. The van der Waals surface area contributed by atoms with Crippen LogP contribution in [0.1, 0.15) is 21.6 Å². The molecule has 1 aromatic heterocycles. The lowest BCUT2D eigenvalue weighted by Crippen LogP contribution is -2.13. The van der Waals surface area contributed by atoms with Crippen LogP contribution in [0.5, 0.6) is 0 Å². The van der Waals surface area contributed by atoms with Gasteiger partial charge >= 0.3 is 0 Å². The Bertz CT molecular complexity index is 996. The van der Waals surface area contributed by atoms with Crippen LogP contribution < -0.4 is 5.32 Å². The zero-order chi connectivity index (χ0) is 18.8. The van der Waals surface area contributed by atoms with Crippen molar-refractivity contribution >= 4 is 28.9 Å². The van der Waals surface area contributed by atoms with E-state index in [0.717, 1.165) is 11.3 Å². The molecular weight excluding hydrogens is 356 g/mol. The van der Waals surface area contributed by atoms with E-state index in [4.69, 9.17) is 11.6 Å². The molecule has 8 heteroatoms. The fourth-order valence-electron chi connectivity index (χ4n) is 2.51. The van der Waals surface area contributed by atoms with Crippen LogP contribution in [0.25, 0.3) is 5.69 Å². The fraction of sp³-hybridized carbons (Fsp3) is 0.111. The van der Waals surface area contributed by atoms with E-state index in [9.17, 15) is 14.9 Å². The molecule has 0 spiro atoms. The summed E-state index contributed by atoms with van der Waals surface area (Å²) in [5, 5.41) is 17.9. The number of nitrogens with one attached hydrogen (secondary N) is 1. The highest BCUT2D eigenvalue weighted by atomic mass is 35.5. The van der Waals surface area contributed by atoms with Crippen LogP contribution in [0.3, 0.4) is 0 Å². The van der Waals surface area contributed by atoms with Crippen molar-refractivity contribution in [2.45, 2.75) is 13.8 Å². The maximum Gasteiger partial charge on any atom is 0.289 e. The van der Waals surface area contributed by atoms with Crippen LogP contribution in [0.4, 0.5) is 11.4 Å². The van der Waals surface area contributed by atoms with E-state index in [0.29, 0.717) is 11.3 Å². The smallest absolute Gasteiger partial charge is 0.289 e. The summed E-state index contributed by atoms with van der Waals surface area (Å²) in [6.45, 7) is 3.77. The van der Waals surface area contributed by atoms with Gasteiger partial charge in [-0.05, 0) is 38.1 Å². The molecule has 2 aromatic carbocycles. The molecule has 0 aliphatic rings. The van der Waals surface area contributed by atoms with E-state index in [-0.39, 0.29) is 16.4 Å². The number of aromatic nitrogens is 2. The van der Waals surface area contributed by atoms with Gasteiger partial charge in [0.05, 0.1) is 28.1 Å². The molecule has 26 heavy (non-hydrogen) atoms. The Morgan fingerprint density at radius 1 is 1.19 bits per heavy atom. The molecule has 0 aliphatic carbocycles. The minimum atomic E-state index is -0.599. The molecule has 132 valence electrons. The van der Waals surface area contributed by atoms with Gasteiger partial charge in [-0.3, -0.25) is 14.9 Å². The van der Waals surface area contributed by atoms with Crippen molar-refractivity contribution in [3.63, 3.8) is 0 Å². The molecule has 3 aromatic rings. The van der Waals surface area contributed by atoms with Gasteiger partial charge in [-0.15, -0.1) is 0 Å². The van der Waals surface area contributed by atoms with Gasteiger partial charge in [0.15, 0.2) is 0 Å². The number of nitro groups is 1. The number of carbonyl (C=O) groups excluding carboxylic acids is 1. The summed E-state index contributed by atoms with van der Waals surface area (Å²) in [5.74, 6) is -0.405. The Morgan fingerprint density at radius 3 is 2.54 bits per heavy atom. The number of nitrogens with zero attached hydrogens (tertiary/aromatic N) is 3. The van der Waals surface area contributed by atoms with Gasteiger partial charge in [0.2, 0.25) is 0 Å². The number of hydrogen-bond acceptors (Lipinski definition) is 4. The molecule has 1 amide bonds. The Balaban J connectivity index is 1.86. The zero-order valence-corrected chi connectivity index (χ0v) is 14.8. The number of rotatable bonds is 4. The van der Waals surface area contributed by atoms with Gasteiger partial charge in [-0.25, -0.2) is 4.68 Å². The van der Waals surface area contributed by atoms with Crippen molar-refractivity contribution in [2.75, 3.05) is 5.32 Å². The van der Waals surface area contributed by atoms with Crippen LogP contribution in [0.15, 0.2) is 48.7 Å². The average Bonchev–Trinajstić information content (AvgIpc) is 2.98. The maximum absolute atomic E-state index is 12.5. The fourth-order valence-corrected chi connectivity index (χ4v) is 2.69. The number of aryl methyl sites for hydroxylation is 1. The standard InChI is InChI=1S/C18H15ClN4O3/c1-11-3-6-14(7-4-11)22-12(2)15(10-20-22)18(24)21-13-5-8-16(19)17(9-13)23(25)26/h3-10H,1-2H3,(H,21,24). The van der Waals surface area contributed by atoms with Crippen molar-refractivity contribution in [2.24, 2.45) is 0 Å². The highest BCUT2D eigenvalue weighted by Crippen LogP contribution is 2.27. The average molecular weight is 371 g/mol. The third-order valence-electron chi connectivity index (χ3n) is 3.93. The lowest BCUT2D eigenvalue weighted by molar-refractivity contribution is -0.384. The molecule has 0 saturated heterocycles. The highest BCUT2D eigenvalue weighted by molar-refractivity contribution is 6.32. The maximum atomic E-state index is 12.5. The summed E-state index contributed by atoms with van der Waals surface area (Å²) in [7, 11) is 0. The molecule has 0 fully saturated rings. The van der Waals surface area contributed by atoms with E-state index >= 15 is 0 Å². The summed E-state index contributed by atoms with van der Waals surface area (Å²) in [6, 6.07) is 11.9. The Hall–Kier alpha value is -3.19. The third-order valence-corrected chi connectivity index (χ3v) is 4.25. The van der Waals surface area contributed by atoms with E-state index in [2.05, 4.69) is 10.4 Å². The molecule has 0 radical (unpaired) electrons.